The van der Waals surface area contributed by atoms with E-state index in [4.69, 9.17) is 4.74 Å². The van der Waals surface area contributed by atoms with Gasteiger partial charge in [0.2, 0.25) is 5.91 Å². The Balaban J connectivity index is 1.14. The van der Waals surface area contributed by atoms with Gasteiger partial charge >= 0.3 is 12.3 Å². The lowest BCUT2D eigenvalue weighted by atomic mass is 10.0. The Labute approximate surface area is 198 Å². The molecule has 182 valence electrons. The number of ether oxygens (including phenoxy) is 2. The van der Waals surface area contributed by atoms with Crippen molar-refractivity contribution in [1.29, 1.82) is 0 Å². The number of amides is 2. The SMILES string of the molecule is O=C1Cc2ccc(C(=O)N3C[C@H]4CN(C(=O)/C=C/c5ccc(OC(F)(F)F)cc5)C[C@@H]4C3)cc2O1. The van der Waals surface area contributed by atoms with Crippen molar-refractivity contribution in [1.82, 2.24) is 9.80 Å². The fourth-order valence-electron chi connectivity index (χ4n) is 4.82. The predicted molar refractivity (Wildman–Crippen MR) is 117 cm³/mol. The van der Waals surface area contributed by atoms with Crippen LogP contribution in [0.15, 0.2) is 48.5 Å². The first-order valence-electron chi connectivity index (χ1n) is 11.1. The molecule has 0 unspecified atom stereocenters. The van der Waals surface area contributed by atoms with Crippen molar-refractivity contribution in [3.05, 3.63) is 65.2 Å². The third kappa shape index (κ3) is 5.01. The molecular weight excluding hydrogens is 465 g/mol. The van der Waals surface area contributed by atoms with Crippen LogP contribution in [0.3, 0.4) is 0 Å². The van der Waals surface area contributed by atoms with Gasteiger partial charge < -0.3 is 19.3 Å². The summed E-state index contributed by atoms with van der Waals surface area (Å²) < 4.78 is 45.7. The highest BCUT2D eigenvalue weighted by Gasteiger charge is 2.43. The first kappa shape index (κ1) is 22.9. The molecule has 5 rings (SSSR count). The minimum Gasteiger partial charge on any atom is -0.426 e. The number of halogens is 3. The van der Waals surface area contributed by atoms with Crippen LogP contribution >= 0.6 is 0 Å². The molecule has 2 aromatic carbocycles. The quantitative estimate of drug-likeness (QED) is 0.377. The van der Waals surface area contributed by atoms with Gasteiger partial charge in [-0.3, -0.25) is 14.4 Å². The maximum atomic E-state index is 13.0. The summed E-state index contributed by atoms with van der Waals surface area (Å²) in [4.78, 5) is 40.5. The fourth-order valence-corrected chi connectivity index (χ4v) is 4.82. The maximum absolute atomic E-state index is 13.0. The largest absolute Gasteiger partial charge is 0.573 e. The summed E-state index contributed by atoms with van der Waals surface area (Å²) in [6.45, 7) is 2.12. The van der Waals surface area contributed by atoms with Gasteiger partial charge in [0.15, 0.2) is 0 Å². The topological polar surface area (TPSA) is 76.2 Å². The number of carbonyl (C=O) groups is 3. The number of rotatable bonds is 4. The minimum atomic E-state index is -4.75. The zero-order chi connectivity index (χ0) is 24.7. The van der Waals surface area contributed by atoms with E-state index >= 15 is 0 Å². The normalized spacial score (nSPS) is 21.3. The van der Waals surface area contributed by atoms with E-state index in [9.17, 15) is 27.6 Å². The summed E-state index contributed by atoms with van der Waals surface area (Å²) in [5, 5.41) is 0. The third-order valence-corrected chi connectivity index (χ3v) is 6.49. The average molecular weight is 486 g/mol. The van der Waals surface area contributed by atoms with E-state index in [1.54, 1.807) is 34.1 Å². The summed E-state index contributed by atoms with van der Waals surface area (Å²) in [5.74, 6) is -0.190. The molecule has 2 atom stereocenters. The summed E-state index contributed by atoms with van der Waals surface area (Å²) in [6.07, 6.45) is -1.59. The molecule has 0 spiro atoms. The van der Waals surface area contributed by atoms with E-state index < -0.39 is 6.36 Å². The summed E-state index contributed by atoms with van der Waals surface area (Å²) >= 11 is 0. The van der Waals surface area contributed by atoms with Gasteiger partial charge in [0, 0.05) is 55.2 Å². The van der Waals surface area contributed by atoms with Crippen molar-refractivity contribution in [3.63, 3.8) is 0 Å². The molecule has 0 aromatic heterocycles. The Kier molecular flexibility index (Phi) is 5.74. The molecule has 3 aliphatic rings. The van der Waals surface area contributed by atoms with Gasteiger partial charge in [-0.1, -0.05) is 18.2 Å². The predicted octanol–water partition coefficient (Wildman–Crippen LogP) is 3.29. The first-order chi connectivity index (χ1) is 16.6. The highest BCUT2D eigenvalue weighted by molar-refractivity contribution is 5.96. The molecule has 2 saturated heterocycles. The monoisotopic (exact) mass is 486 g/mol. The lowest BCUT2D eigenvalue weighted by Crippen LogP contribution is -2.35. The number of carbonyl (C=O) groups excluding carboxylic acids is 3. The van der Waals surface area contributed by atoms with Crippen molar-refractivity contribution >= 4 is 23.9 Å². The van der Waals surface area contributed by atoms with Crippen LogP contribution in [-0.4, -0.2) is 60.1 Å². The molecule has 35 heavy (non-hydrogen) atoms. The second-order valence-corrected chi connectivity index (χ2v) is 8.90. The van der Waals surface area contributed by atoms with Crippen LogP contribution in [0, 0.1) is 11.8 Å². The number of hydrogen-bond acceptors (Lipinski definition) is 5. The Hall–Kier alpha value is -3.82. The zero-order valence-corrected chi connectivity index (χ0v) is 18.5. The standard InChI is InChI=1S/C25H21F3N2O5/c26-25(27,28)35-20-6-1-15(2-7-20)3-8-22(31)29-11-18-13-30(14-19(18)12-29)24(33)17-5-4-16-10-23(32)34-21(16)9-17/h1-9,18-19H,10-14H2/b8-3+/t18-,19-/m1/s1. The number of nitrogens with zero attached hydrogens (tertiary/aromatic N) is 2. The molecule has 3 heterocycles. The Morgan fingerprint density at radius 2 is 1.63 bits per heavy atom. The summed E-state index contributed by atoms with van der Waals surface area (Å²) in [5.41, 5.74) is 1.82. The summed E-state index contributed by atoms with van der Waals surface area (Å²) in [7, 11) is 0. The number of likely N-dealkylation sites (tertiary alicyclic amines) is 2. The second-order valence-electron chi connectivity index (χ2n) is 8.90. The number of hydrogen-bond donors (Lipinski definition) is 0. The third-order valence-electron chi connectivity index (χ3n) is 6.49. The lowest BCUT2D eigenvalue weighted by Gasteiger charge is -2.21. The molecule has 0 saturated carbocycles. The van der Waals surface area contributed by atoms with E-state index in [1.807, 2.05) is 0 Å². The smallest absolute Gasteiger partial charge is 0.426 e. The zero-order valence-electron chi connectivity index (χ0n) is 18.5. The number of alkyl halides is 3. The molecule has 3 aliphatic heterocycles. The molecule has 2 fully saturated rings. The van der Waals surface area contributed by atoms with Crippen molar-refractivity contribution in [2.24, 2.45) is 11.8 Å². The highest BCUT2D eigenvalue weighted by atomic mass is 19.4. The highest BCUT2D eigenvalue weighted by Crippen LogP contribution is 2.33. The maximum Gasteiger partial charge on any atom is 0.573 e. The minimum absolute atomic E-state index is 0.124. The molecule has 0 radical (unpaired) electrons. The van der Waals surface area contributed by atoms with Gasteiger partial charge in [-0.2, -0.15) is 0 Å². The molecular formula is C25H21F3N2O5. The van der Waals surface area contributed by atoms with Crippen LogP contribution in [0.25, 0.3) is 6.08 Å². The Morgan fingerprint density at radius 1 is 0.971 bits per heavy atom. The molecule has 10 heteroatoms. The Bertz CT molecular complexity index is 1190. The van der Waals surface area contributed by atoms with Crippen LogP contribution in [-0.2, 0) is 16.0 Å². The molecule has 0 aliphatic carbocycles. The fraction of sp³-hybridized carbons (Fsp3) is 0.320. The Morgan fingerprint density at radius 3 is 2.29 bits per heavy atom. The van der Waals surface area contributed by atoms with Gasteiger partial charge in [-0.25, -0.2) is 0 Å². The van der Waals surface area contributed by atoms with E-state index in [0.717, 1.165) is 5.56 Å². The van der Waals surface area contributed by atoms with Crippen molar-refractivity contribution < 1.29 is 37.0 Å². The van der Waals surface area contributed by atoms with Crippen LogP contribution in [0.4, 0.5) is 13.2 Å². The molecule has 0 bridgehead atoms. The average Bonchev–Trinajstić information content (AvgIpc) is 3.48. The number of fused-ring (bicyclic) bond motifs is 2. The second kappa shape index (κ2) is 8.75. The van der Waals surface area contributed by atoms with Gasteiger partial charge in [0.05, 0.1) is 6.42 Å². The molecule has 7 nitrogen and oxygen atoms in total. The van der Waals surface area contributed by atoms with Gasteiger partial charge in [-0.05, 0) is 35.9 Å². The van der Waals surface area contributed by atoms with Crippen LogP contribution in [0.1, 0.15) is 21.5 Å². The lowest BCUT2D eigenvalue weighted by molar-refractivity contribution is -0.274. The first-order valence-corrected chi connectivity index (χ1v) is 11.1. The summed E-state index contributed by atoms with van der Waals surface area (Å²) in [6, 6.07) is 10.3. The van der Waals surface area contributed by atoms with E-state index in [2.05, 4.69) is 4.74 Å². The number of benzene rings is 2. The van der Waals surface area contributed by atoms with Crippen LogP contribution in [0.2, 0.25) is 0 Å². The molecule has 0 N–H and O–H groups in total. The van der Waals surface area contributed by atoms with Gasteiger partial charge in [-0.15, -0.1) is 13.2 Å². The molecule has 2 amide bonds. The van der Waals surface area contributed by atoms with Crippen LogP contribution in [0.5, 0.6) is 11.5 Å². The van der Waals surface area contributed by atoms with Crippen molar-refractivity contribution in [2.45, 2.75) is 12.8 Å². The van der Waals surface area contributed by atoms with E-state index in [0.29, 0.717) is 43.1 Å². The number of esters is 1. The molecule has 2 aromatic rings. The van der Waals surface area contributed by atoms with E-state index in [1.165, 1.54) is 30.3 Å². The van der Waals surface area contributed by atoms with Crippen LogP contribution < -0.4 is 9.47 Å². The van der Waals surface area contributed by atoms with Gasteiger partial charge in [0.1, 0.15) is 11.5 Å². The van der Waals surface area contributed by atoms with Crippen molar-refractivity contribution in [3.8, 4) is 11.5 Å². The van der Waals surface area contributed by atoms with Gasteiger partial charge in [0.25, 0.3) is 5.91 Å². The van der Waals surface area contributed by atoms with E-state index in [-0.39, 0.29) is 41.8 Å². The van der Waals surface area contributed by atoms with Crippen molar-refractivity contribution in [2.75, 3.05) is 26.2 Å².